The van der Waals surface area contributed by atoms with Gasteiger partial charge in [0.25, 0.3) is 0 Å². The van der Waals surface area contributed by atoms with E-state index in [-0.39, 0.29) is 5.78 Å². The zero-order chi connectivity index (χ0) is 11.7. The molecule has 0 fully saturated rings. The Morgan fingerprint density at radius 1 is 1.12 bits per heavy atom. The van der Waals surface area contributed by atoms with E-state index in [0.717, 1.165) is 22.5 Å². The summed E-state index contributed by atoms with van der Waals surface area (Å²) in [6.07, 6.45) is 1.51. The van der Waals surface area contributed by atoms with Crippen molar-refractivity contribution in [2.24, 2.45) is 0 Å². The lowest BCUT2D eigenvalue weighted by Crippen LogP contribution is -2.02. The topological polar surface area (TPSA) is 30.2 Å². The molecule has 2 heteroatoms. The first-order valence-corrected chi connectivity index (χ1v) is 5.25. The smallest absolute Gasteiger partial charge is 0.196 e. The summed E-state index contributed by atoms with van der Waals surface area (Å²) in [4.78, 5) is 12.1. The third kappa shape index (κ3) is 1.91. The fourth-order valence-electron chi connectivity index (χ4n) is 1.79. The molecule has 16 heavy (non-hydrogen) atoms. The lowest BCUT2D eigenvalue weighted by Gasteiger charge is -2.03. The summed E-state index contributed by atoms with van der Waals surface area (Å²) in [6, 6.07) is 7.60. The second-order valence-electron chi connectivity index (χ2n) is 4.09. The van der Waals surface area contributed by atoms with E-state index in [2.05, 4.69) is 0 Å². The van der Waals surface area contributed by atoms with Crippen LogP contribution in [0.3, 0.4) is 0 Å². The Bertz CT molecular complexity index is 535. The summed E-state index contributed by atoms with van der Waals surface area (Å²) in [5.41, 5.74) is 3.53. The third-order valence-electron chi connectivity index (χ3n) is 2.62. The van der Waals surface area contributed by atoms with Crippen LogP contribution in [-0.2, 0) is 0 Å². The number of carbonyl (C=O) groups is 1. The molecule has 0 saturated carbocycles. The second-order valence-corrected chi connectivity index (χ2v) is 4.09. The van der Waals surface area contributed by atoms with Crippen molar-refractivity contribution in [2.45, 2.75) is 20.8 Å². The SMILES string of the molecule is Cc1ccc(C(=O)c2coc(C)c2)c(C)c1. The maximum absolute atomic E-state index is 12.1. The molecule has 0 N–H and O–H groups in total. The minimum Gasteiger partial charge on any atom is -0.469 e. The number of carbonyl (C=O) groups excluding carboxylic acids is 1. The Morgan fingerprint density at radius 3 is 2.44 bits per heavy atom. The summed E-state index contributed by atoms with van der Waals surface area (Å²) >= 11 is 0. The van der Waals surface area contributed by atoms with E-state index in [1.165, 1.54) is 6.26 Å². The van der Waals surface area contributed by atoms with Gasteiger partial charge in [-0.25, -0.2) is 0 Å². The molecule has 0 amide bonds. The van der Waals surface area contributed by atoms with E-state index >= 15 is 0 Å². The minimum atomic E-state index is 0.0225. The first-order valence-electron chi connectivity index (χ1n) is 5.25. The summed E-state index contributed by atoms with van der Waals surface area (Å²) in [5, 5.41) is 0. The predicted molar refractivity (Wildman–Crippen MR) is 62.8 cm³/mol. The van der Waals surface area contributed by atoms with Gasteiger partial charge in [0.15, 0.2) is 5.78 Å². The number of hydrogen-bond donors (Lipinski definition) is 0. The van der Waals surface area contributed by atoms with Crippen molar-refractivity contribution in [3.05, 3.63) is 58.5 Å². The number of aryl methyl sites for hydroxylation is 3. The molecule has 0 unspecified atom stereocenters. The minimum absolute atomic E-state index is 0.0225. The van der Waals surface area contributed by atoms with Crippen LogP contribution in [0.15, 0.2) is 34.9 Å². The van der Waals surface area contributed by atoms with Crippen molar-refractivity contribution in [1.82, 2.24) is 0 Å². The Labute approximate surface area is 94.9 Å². The lowest BCUT2D eigenvalue weighted by atomic mass is 9.99. The van der Waals surface area contributed by atoms with Crippen molar-refractivity contribution in [3.8, 4) is 0 Å². The zero-order valence-electron chi connectivity index (χ0n) is 9.70. The van der Waals surface area contributed by atoms with E-state index in [9.17, 15) is 4.79 Å². The summed E-state index contributed by atoms with van der Waals surface area (Å²) in [5.74, 6) is 0.780. The van der Waals surface area contributed by atoms with Crippen LogP contribution in [0, 0.1) is 20.8 Å². The Balaban J connectivity index is 2.41. The summed E-state index contributed by atoms with van der Waals surface area (Å²) in [7, 11) is 0. The number of furan rings is 1. The highest BCUT2D eigenvalue weighted by Gasteiger charge is 2.13. The molecule has 0 aliphatic carbocycles. The molecule has 2 aromatic rings. The molecule has 82 valence electrons. The van der Waals surface area contributed by atoms with Crippen molar-refractivity contribution in [1.29, 1.82) is 0 Å². The van der Waals surface area contributed by atoms with Gasteiger partial charge in [-0.05, 0) is 32.4 Å². The van der Waals surface area contributed by atoms with Gasteiger partial charge in [-0.1, -0.05) is 23.8 Å². The molecule has 0 saturated heterocycles. The predicted octanol–water partition coefficient (Wildman–Crippen LogP) is 3.44. The van der Waals surface area contributed by atoms with E-state index in [1.54, 1.807) is 6.07 Å². The summed E-state index contributed by atoms with van der Waals surface area (Å²) < 4.78 is 5.15. The highest BCUT2D eigenvalue weighted by atomic mass is 16.3. The van der Waals surface area contributed by atoms with E-state index in [1.807, 2.05) is 39.0 Å². The van der Waals surface area contributed by atoms with Gasteiger partial charge in [0.1, 0.15) is 12.0 Å². The number of rotatable bonds is 2. The number of ketones is 1. The monoisotopic (exact) mass is 214 g/mol. The summed E-state index contributed by atoms with van der Waals surface area (Å²) in [6.45, 7) is 5.80. The molecule has 2 nitrogen and oxygen atoms in total. The molecule has 0 spiro atoms. The normalized spacial score (nSPS) is 10.4. The van der Waals surface area contributed by atoms with Gasteiger partial charge >= 0.3 is 0 Å². The highest BCUT2D eigenvalue weighted by Crippen LogP contribution is 2.17. The van der Waals surface area contributed by atoms with Crippen molar-refractivity contribution in [2.75, 3.05) is 0 Å². The van der Waals surface area contributed by atoms with Crippen LogP contribution in [0.1, 0.15) is 32.8 Å². The highest BCUT2D eigenvalue weighted by molar-refractivity contribution is 6.09. The molecular formula is C14H14O2. The van der Waals surface area contributed by atoms with Gasteiger partial charge in [-0.2, -0.15) is 0 Å². The lowest BCUT2D eigenvalue weighted by molar-refractivity contribution is 0.103. The van der Waals surface area contributed by atoms with Gasteiger partial charge in [-0.15, -0.1) is 0 Å². The first-order chi connectivity index (χ1) is 7.58. The van der Waals surface area contributed by atoms with Gasteiger partial charge in [0.2, 0.25) is 0 Å². The molecule has 0 radical (unpaired) electrons. The molecule has 0 atom stereocenters. The average Bonchev–Trinajstić information content (AvgIpc) is 2.64. The van der Waals surface area contributed by atoms with Crippen LogP contribution in [0.4, 0.5) is 0 Å². The van der Waals surface area contributed by atoms with Crippen LogP contribution in [0.2, 0.25) is 0 Å². The molecule has 0 aliphatic heterocycles. The standard InChI is InChI=1S/C14H14O2/c1-9-4-5-13(10(2)6-9)14(15)12-7-11(3)16-8-12/h4-8H,1-3H3. The number of benzene rings is 1. The molecule has 0 bridgehead atoms. The van der Waals surface area contributed by atoms with E-state index in [0.29, 0.717) is 5.56 Å². The van der Waals surface area contributed by atoms with Crippen LogP contribution >= 0.6 is 0 Å². The molecule has 1 aromatic carbocycles. The van der Waals surface area contributed by atoms with Crippen LogP contribution in [0.5, 0.6) is 0 Å². The molecular weight excluding hydrogens is 200 g/mol. The van der Waals surface area contributed by atoms with Crippen molar-refractivity contribution < 1.29 is 9.21 Å². The molecule has 2 rings (SSSR count). The van der Waals surface area contributed by atoms with Crippen LogP contribution < -0.4 is 0 Å². The Hall–Kier alpha value is -1.83. The van der Waals surface area contributed by atoms with Crippen LogP contribution in [-0.4, -0.2) is 5.78 Å². The average molecular weight is 214 g/mol. The van der Waals surface area contributed by atoms with Gasteiger partial charge in [0.05, 0.1) is 5.56 Å². The van der Waals surface area contributed by atoms with Gasteiger partial charge < -0.3 is 4.42 Å². The Kier molecular flexibility index (Phi) is 2.65. The van der Waals surface area contributed by atoms with E-state index in [4.69, 9.17) is 4.42 Å². The quantitative estimate of drug-likeness (QED) is 0.717. The fraction of sp³-hybridized carbons (Fsp3) is 0.214. The van der Waals surface area contributed by atoms with Gasteiger partial charge in [0, 0.05) is 5.56 Å². The first kappa shape index (κ1) is 10.7. The fourth-order valence-corrected chi connectivity index (χ4v) is 1.79. The third-order valence-corrected chi connectivity index (χ3v) is 2.62. The Morgan fingerprint density at radius 2 is 1.88 bits per heavy atom. The molecule has 1 heterocycles. The maximum atomic E-state index is 12.1. The second kappa shape index (κ2) is 3.97. The van der Waals surface area contributed by atoms with Crippen molar-refractivity contribution in [3.63, 3.8) is 0 Å². The van der Waals surface area contributed by atoms with Crippen LogP contribution in [0.25, 0.3) is 0 Å². The number of hydrogen-bond acceptors (Lipinski definition) is 2. The zero-order valence-corrected chi connectivity index (χ0v) is 9.70. The molecule has 1 aromatic heterocycles. The van der Waals surface area contributed by atoms with Crippen molar-refractivity contribution >= 4 is 5.78 Å². The van der Waals surface area contributed by atoms with E-state index < -0.39 is 0 Å². The molecule has 0 aliphatic rings. The largest absolute Gasteiger partial charge is 0.469 e. The van der Waals surface area contributed by atoms with Gasteiger partial charge in [-0.3, -0.25) is 4.79 Å². The maximum Gasteiger partial charge on any atom is 0.196 e.